The molecule has 4 nitrogen and oxygen atoms in total. The standard InChI is InChI=1S/C5H6N2O2/c1-8-7-6-5-3-2-4-9-5/h2-4H,1H3. The summed E-state index contributed by atoms with van der Waals surface area (Å²) in [5, 5.41) is 6.77. The van der Waals surface area contributed by atoms with Crippen LogP contribution in [0.25, 0.3) is 0 Å². The van der Waals surface area contributed by atoms with Gasteiger partial charge in [-0.05, 0) is 6.07 Å². The van der Waals surface area contributed by atoms with E-state index in [1.807, 2.05) is 0 Å². The van der Waals surface area contributed by atoms with E-state index in [4.69, 9.17) is 4.42 Å². The maximum atomic E-state index is 4.80. The zero-order chi connectivity index (χ0) is 6.53. The van der Waals surface area contributed by atoms with E-state index in [0.29, 0.717) is 5.88 Å². The lowest BCUT2D eigenvalue weighted by Crippen LogP contribution is -1.59. The van der Waals surface area contributed by atoms with E-state index in [9.17, 15) is 0 Å². The summed E-state index contributed by atoms with van der Waals surface area (Å²) in [7, 11) is 1.42. The number of rotatable bonds is 2. The lowest BCUT2D eigenvalue weighted by molar-refractivity contribution is 0.189. The average molecular weight is 126 g/mol. The van der Waals surface area contributed by atoms with Crippen LogP contribution in [0.2, 0.25) is 0 Å². The van der Waals surface area contributed by atoms with E-state index < -0.39 is 0 Å². The maximum absolute atomic E-state index is 4.80. The van der Waals surface area contributed by atoms with Crippen molar-refractivity contribution in [2.45, 2.75) is 0 Å². The predicted molar refractivity (Wildman–Crippen MR) is 30.2 cm³/mol. The van der Waals surface area contributed by atoms with Crippen LogP contribution in [-0.2, 0) is 4.84 Å². The highest BCUT2D eigenvalue weighted by molar-refractivity contribution is 5.19. The monoisotopic (exact) mass is 126 g/mol. The second-order valence-corrected chi connectivity index (χ2v) is 1.32. The predicted octanol–water partition coefficient (Wildman–Crippen LogP) is 1.92. The highest BCUT2D eigenvalue weighted by atomic mass is 16.6. The highest BCUT2D eigenvalue weighted by Gasteiger charge is 1.86. The zero-order valence-corrected chi connectivity index (χ0v) is 4.94. The second kappa shape index (κ2) is 2.86. The van der Waals surface area contributed by atoms with Crippen LogP contribution in [0.15, 0.2) is 33.2 Å². The third kappa shape index (κ3) is 1.56. The molecule has 0 saturated carbocycles. The first-order valence-corrected chi connectivity index (χ1v) is 2.41. The lowest BCUT2D eigenvalue weighted by Gasteiger charge is -1.80. The van der Waals surface area contributed by atoms with Crippen molar-refractivity contribution in [1.82, 2.24) is 0 Å². The Morgan fingerprint density at radius 2 is 2.56 bits per heavy atom. The van der Waals surface area contributed by atoms with E-state index >= 15 is 0 Å². The normalized spacial score (nSPS) is 10.3. The van der Waals surface area contributed by atoms with Gasteiger partial charge < -0.3 is 9.25 Å². The molecule has 0 aliphatic rings. The summed E-state index contributed by atoms with van der Waals surface area (Å²) in [6.45, 7) is 0. The van der Waals surface area contributed by atoms with Crippen molar-refractivity contribution in [3.8, 4) is 0 Å². The molecule has 0 spiro atoms. The summed E-state index contributed by atoms with van der Waals surface area (Å²) in [6, 6.07) is 3.41. The Morgan fingerprint density at radius 3 is 3.11 bits per heavy atom. The van der Waals surface area contributed by atoms with Crippen LogP contribution in [0.1, 0.15) is 0 Å². The Morgan fingerprint density at radius 1 is 1.67 bits per heavy atom. The first-order valence-electron chi connectivity index (χ1n) is 2.41. The number of nitrogens with zero attached hydrogens (tertiary/aromatic N) is 2. The van der Waals surface area contributed by atoms with Gasteiger partial charge in [-0.25, -0.2) is 0 Å². The van der Waals surface area contributed by atoms with Crippen molar-refractivity contribution in [3.05, 3.63) is 18.4 Å². The minimum absolute atomic E-state index is 0.442. The topological polar surface area (TPSA) is 47.1 Å². The molecule has 48 valence electrons. The van der Waals surface area contributed by atoms with E-state index in [1.54, 1.807) is 12.1 Å². The minimum Gasteiger partial charge on any atom is -0.445 e. The first kappa shape index (κ1) is 5.81. The maximum Gasteiger partial charge on any atom is 0.241 e. The van der Waals surface area contributed by atoms with Gasteiger partial charge in [0.2, 0.25) is 5.88 Å². The molecule has 0 bridgehead atoms. The molecule has 1 rings (SSSR count). The molecule has 0 aliphatic carbocycles. The molecule has 1 heterocycles. The molecular weight excluding hydrogens is 120 g/mol. The summed E-state index contributed by atoms with van der Waals surface area (Å²) in [4.78, 5) is 4.31. The number of furan rings is 1. The molecule has 0 aromatic carbocycles. The Labute approximate surface area is 52.1 Å². The zero-order valence-electron chi connectivity index (χ0n) is 4.94. The fourth-order valence-corrected chi connectivity index (χ4v) is 0.408. The summed E-state index contributed by atoms with van der Waals surface area (Å²) in [5.74, 6) is 0.442. The lowest BCUT2D eigenvalue weighted by atomic mass is 10.6. The molecule has 0 N–H and O–H groups in total. The van der Waals surface area contributed by atoms with E-state index in [0.717, 1.165) is 0 Å². The first-order chi connectivity index (χ1) is 4.43. The Balaban J connectivity index is 2.57. The fraction of sp³-hybridized carbons (Fsp3) is 0.200. The van der Waals surface area contributed by atoms with Crippen LogP contribution < -0.4 is 0 Å². The van der Waals surface area contributed by atoms with Crippen molar-refractivity contribution in [2.75, 3.05) is 7.11 Å². The summed E-state index contributed by atoms with van der Waals surface area (Å²) in [5.41, 5.74) is 0. The van der Waals surface area contributed by atoms with Crippen molar-refractivity contribution in [3.63, 3.8) is 0 Å². The quantitative estimate of drug-likeness (QED) is 0.449. The molecule has 0 amide bonds. The second-order valence-electron chi connectivity index (χ2n) is 1.32. The average Bonchev–Trinajstić information content (AvgIpc) is 2.34. The molecule has 1 aromatic rings. The SMILES string of the molecule is CON=Nc1ccco1. The van der Waals surface area contributed by atoms with Gasteiger partial charge in [-0.1, -0.05) is 5.11 Å². The third-order valence-corrected chi connectivity index (χ3v) is 0.727. The molecule has 1 aromatic heterocycles. The van der Waals surface area contributed by atoms with Gasteiger partial charge in [0.15, 0.2) is 0 Å². The molecule has 4 heteroatoms. The van der Waals surface area contributed by atoms with Crippen LogP contribution in [0.3, 0.4) is 0 Å². The van der Waals surface area contributed by atoms with Crippen LogP contribution in [0, 0.1) is 0 Å². The minimum atomic E-state index is 0.442. The summed E-state index contributed by atoms with van der Waals surface area (Å²) < 4.78 is 4.80. The van der Waals surface area contributed by atoms with Gasteiger partial charge in [-0.3, -0.25) is 0 Å². The highest BCUT2D eigenvalue weighted by Crippen LogP contribution is 2.10. The van der Waals surface area contributed by atoms with E-state index in [-0.39, 0.29) is 0 Å². The van der Waals surface area contributed by atoms with Gasteiger partial charge in [-0.2, -0.15) is 0 Å². The van der Waals surface area contributed by atoms with E-state index in [1.165, 1.54) is 13.4 Å². The number of hydrogen-bond acceptors (Lipinski definition) is 4. The van der Waals surface area contributed by atoms with Gasteiger partial charge in [-0.15, -0.1) is 0 Å². The molecular formula is C5H6N2O2. The summed E-state index contributed by atoms with van der Waals surface area (Å²) in [6.07, 6.45) is 1.52. The molecule has 0 atom stereocenters. The van der Waals surface area contributed by atoms with Crippen LogP contribution in [-0.4, -0.2) is 7.11 Å². The molecule has 0 aliphatic heterocycles. The third-order valence-electron chi connectivity index (χ3n) is 0.727. The summed E-state index contributed by atoms with van der Waals surface area (Å²) >= 11 is 0. The van der Waals surface area contributed by atoms with Crippen molar-refractivity contribution in [1.29, 1.82) is 0 Å². The van der Waals surface area contributed by atoms with Crippen molar-refractivity contribution >= 4 is 5.88 Å². The van der Waals surface area contributed by atoms with Crippen molar-refractivity contribution in [2.24, 2.45) is 10.4 Å². The Kier molecular flexibility index (Phi) is 1.85. The Bertz CT molecular complexity index is 181. The van der Waals surface area contributed by atoms with Gasteiger partial charge in [0.05, 0.1) is 6.26 Å². The van der Waals surface area contributed by atoms with E-state index in [2.05, 4.69) is 15.2 Å². The van der Waals surface area contributed by atoms with Crippen LogP contribution in [0.4, 0.5) is 5.88 Å². The molecule has 0 fully saturated rings. The number of hydrogen-bond donors (Lipinski definition) is 0. The molecule has 0 unspecified atom stereocenters. The smallest absolute Gasteiger partial charge is 0.241 e. The van der Waals surface area contributed by atoms with Gasteiger partial charge in [0.25, 0.3) is 0 Å². The largest absolute Gasteiger partial charge is 0.445 e. The Hall–Kier alpha value is -1.32. The molecule has 9 heavy (non-hydrogen) atoms. The van der Waals surface area contributed by atoms with Crippen LogP contribution >= 0.6 is 0 Å². The fourth-order valence-electron chi connectivity index (χ4n) is 0.408. The van der Waals surface area contributed by atoms with Gasteiger partial charge >= 0.3 is 0 Å². The van der Waals surface area contributed by atoms with Crippen LogP contribution in [0.5, 0.6) is 0 Å². The van der Waals surface area contributed by atoms with Gasteiger partial charge in [0.1, 0.15) is 7.11 Å². The van der Waals surface area contributed by atoms with Gasteiger partial charge in [0, 0.05) is 11.3 Å². The molecule has 0 radical (unpaired) electrons. The van der Waals surface area contributed by atoms with Crippen molar-refractivity contribution < 1.29 is 9.25 Å². The molecule has 0 saturated heterocycles.